The molecule has 1 aliphatic heterocycles. The lowest BCUT2D eigenvalue weighted by Gasteiger charge is -2.24. The maximum absolute atomic E-state index is 14.6. The number of ether oxygens (including phenoxy) is 1. The molecule has 9 nitrogen and oxygen atoms in total. The first-order valence-electron chi connectivity index (χ1n) is 14.1. The Bertz CT molecular complexity index is 1930. The Labute approximate surface area is 253 Å². The van der Waals surface area contributed by atoms with E-state index in [1.54, 1.807) is 21.8 Å². The van der Waals surface area contributed by atoms with Gasteiger partial charge in [0, 0.05) is 72.7 Å². The molecule has 5 aromatic rings. The summed E-state index contributed by atoms with van der Waals surface area (Å²) >= 11 is 0. The second-order valence-corrected chi connectivity index (χ2v) is 11.0. The van der Waals surface area contributed by atoms with Gasteiger partial charge in [0.2, 0.25) is 5.91 Å². The van der Waals surface area contributed by atoms with E-state index >= 15 is 0 Å². The number of rotatable bonds is 8. The number of aromatic nitrogens is 4. The zero-order chi connectivity index (χ0) is 32.0. The fourth-order valence-corrected chi connectivity index (χ4v) is 5.72. The van der Waals surface area contributed by atoms with Crippen LogP contribution in [0.1, 0.15) is 29.4 Å². The van der Waals surface area contributed by atoms with Crippen LogP contribution < -0.4 is 10.1 Å². The number of carbonyl (C=O) groups is 2. The van der Waals surface area contributed by atoms with E-state index in [-0.39, 0.29) is 25.3 Å². The quantitative estimate of drug-likeness (QED) is 0.169. The van der Waals surface area contributed by atoms with E-state index in [1.807, 2.05) is 42.0 Å². The molecule has 0 aliphatic carbocycles. The van der Waals surface area contributed by atoms with Crippen molar-refractivity contribution in [2.24, 2.45) is 0 Å². The molecule has 0 bridgehead atoms. The van der Waals surface area contributed by atoms with E-state index in [0.29, 0.717) is 23.1 Å². The van der Waals surface area contributed by atoms with Gasteiger partial charge in [-0.1, -0.05) is 12.1 Å². The van der Waals surface area contributed by atoms with Crippen LogP contribution in [0.2, 0.25) is 0 Å². The number of benzene rings is 2. The molecule has 1 N–H and O–H groups in total. The van der Waals surface area contributed by atoms with Crippen molar-refractivity contribution in [1.29, 1.82) is 0 Å². The van der Waals surface area contributed by atoms with E-state index in [1.165, 1.54) is 6.92 Å². The first-order valence-corrected chi connectivity index (χ1v) is 14.1. The molecular weight excluding hydrogens is 599 g/mol. The number of alkyl halides is 4. The van der Waals surface area contributed by atoms with Crippen LogP contribution in [-0.4, -0.2) is 67.4 Å². The first kappa shape index (κ1) is 30.2. The van der Waals surface area contributed by atoms with Gasteiger partial charge in [-0.15, -0.1) is 13.2 Å². The Morgan fingerprint density at radius 2 is 1.89 bits per heavy atom. The molecule has 2 aromatic carbocycles. The second-order valence-electron chi connectivity index (χ2n) is 11.0. The molecule has 0 unspecified atom stereocenters. The van der Waals surface area contributed by atoms with Crippen LogP contribution in [0.3, 0.4) is 0 Å². The predicted molar refractivity (Wildman–Crippen MR) is 155 cm³/mol. The molecule has 1 saturated heterocycles. The number of halogens is 5. The predicted octanol–water partition coefficient (Wildman–Crippen LogP) is 5.95. The highest BCUT2D eigenvalue weighted by atomic mass is 19.4. The fraction of sp³-hybridized carbons (Fsp3) is 0.290. The van der Waals surface area contributed by atoms with Gasteiger partial charge in [0.15, 0.2) is 23.0 Å². The van der Waals surface area contributed by atoms with Gasteiger partial charge >= 0.3 is 6.36 Å². The third-order valence-electron chi connectivity index (χ3n) is 7.76. The average molecular weight is 627 g/mol. The molecule has 0 spiro atoms. The Hall–Kier alpha value is -4.85. The number of amides is 1. The smallest absolute Gasteiger partial charge is 0.403 e. The minimum absolute atomic E-state index is 0.0664. The van der Waals surface area contributed by atoms with Gasteiger partial charge in [-0.05, 0) is 43.7 Å². The van der Waals surface area contributed by atoms with Crippen LogP contribution in [0.25, 0.3) is 27.7 Å². The van der Waals surface area contributed by atoms with Crippen LogP contribution >= 0.6 is 0 Å². The molecule has 0 radical (unpaired) electrons. The SMILES string of the molecule is CC(=O)c1cn(CCN2C[C@H](F)C[C@H]2C(=O)Nc2cccc(OC(F)(F)F)c2F)c2ccc(-c3cnc4cc(C)nn4c3)cc12. The Morgan fingerprint density at radius 3 is 2.64 bits per heavy atom. The fourth-order valence-electron chi connectivity index (χ4n) is 5.72. The van der Waals surface area contributed by atoms with Crippen molar-refractivity contribution in [3.63, 3.8) is 0 Å². The number of carbonyl (C=O) groups excluding carboxylic acids is 2. The summed E-state index contributed by atoms with van der Waals surface area (Å²) in [6.07, 6.45) is -1.32. The summed E-state index contributed by atoms with van der Waals surface area (Å²) in [7, 11) is 0. The van der Waals surface area contributed by atoms with Gasteiger partial charge in [-0.3, -0.25) is 14.5 Å². The number of fused-ring (bicyclic) bond motifs is 2. The third-order valence-corrected chi connectivity index (χ3v) is 7.76. The lowest BCUT2D eigenvalue weighted by molar-refractivity contribution is -0.275. The van der Waals surface area contributed by atoms with E-state index in [2.05, 4.69) is 20.1 Å². The lowest BCUT2D eigenvalue weighted by Crippen LogP contribution is -2.41. The molecule has 45 heavy (non-hydrogen) atoms. The highest BCUT2D eigenvalue weighted by Gasteiger charge is 2.38. The third kappa shape index (κ3) is 6.23. The van der Waals surface area contributed by atoms with Crippen LogP contribution in [0.4, 0.5) is 27.6 Å². The average Bonchev–Trinajstić information content (AvgIpc) is 3.66. The minimum Gasteiger partial charge on any atom is -0.403 e. The summed E-state index contributed by atoms with van der Waals surface area (Å²) in [6, 6.07) is 9.52. The van der Waals surface area contributed by atoms with Gasteiger partial charge in [-0.25, -0.2) is 18.3 Å². The van der Waals surface area contributed by atoms with Crippen molar-refractivity contribution in [1.82, 2.24) is 24.1 Å². The highest BCUT2D eigenvalue weighted by Crippen LogP contribution is 2.32. The number of ketones is 1. The molecule has 6 rings (SSSR count). The maximum Gasteiger partial charge on any atom is 0.573 e. The number of anilines is 1. The van der Waals surface area contributed by atoms with Crippen molar-refractivity contribution in [2.45, 2.75) is 45.4 Å². The summed E-state index contributed by atoms with van der Waals surface area (Å²) in [4.78, 5) is 31.7. The van der Waals surface area contributed by atoms with E-state index in [4.69, 9.17) is 0 Å². The summed E-state index contributed by atoms with van der Waals surface area (Å²) in [6.45, 7) is 3.78. The minimum atomic E-state index is -5.12. The number of aryl methyl sites for hydroxylation is 1. The monoisotopic (exact) mass is 626 g/mol. The highest BCUT2D eigenvalue weighted by molar-refractivity contribution is 6.08. The number of likely N-dealkylation sites (tertiary alicyclic amines) is 1. The normalized spacial score (nSPS) is 17.3. The van der Waals surface area contributed by atoms with Crippen LogP contribution in [-0.2, 0) is 11.3 Å². The Balaban J connectivity index is 1.21. The summed E-state index contributed by atoms with van der Waals surface area (Å²) in [5.41, 5.74) is 3.92. The van der Waals surface area contributed by atoms with Crippen molar-refractivity contribution in [2.75, 3.05) is 18.4 Å². The van der Waals surface area contributed by atoms with Crippen molar-refractivity contribution >= 4 is 33.9 Å². The van der Waals surface area contributed by atoms with Gasteiger partial charge in [0.05, 0.1) is 17.4 Å². The molecule has 1 aliphatic rings. The zero-order valence-electron chi connectivity index (χ0n) is 24.1. The molecule has 0 saturated carbocycles. The summed E-state index contributed by atoms with van der Waals surface area (Å²) in [5, 5.41) is 7.41. The van der Waals surface area contributed by atoms with E-state index in [9.17, 15) is 31.5 Å². The van der Waals surface area contributed by atoms with Crippen LogP contribution in [0, 0.1) is 12.7 Å². The van der Waals surface area contributed by atoms with Crippen molar-refractivity contribution < 1.29 is 36.3 Å². The molecule has 3 aromatic heterocycles. The molecule has 14 heteroatoms. The first-order chi connectivity index (χ1) is 21.4. The van der Waals surface area contributed by atoms with E-state index < -0.39 is 41.7 Å². The second kappa shape index (κ2) is 11.6. The summed E-state index contributed by atoms with van der Waals surface area (Å²) in [5.74, 6) is -3.39. The Kier molecular flexibility index (Phi) is 7.77. The molecule has 4 heterocycles. The van der Waals surface area contributed by atoms with E-state index in [0.717, 1.165) is 40.5 Å². The number of nitrogens with zero attached hydrogens (tertiary/aromatic N) is 5. The topological polar surface area (TPSA) is 93.8 Å². The number of Topliss-reactive ketones (excluding diaryl/α,β-unsaturated/α-hetero) is 1. The van der Waals surface area contributed by atoms with Gasteiger partial charge in [-0.2, -0.15) is 5.10 Å². The molecule has 1 fully saturated rings. The largest absolute Gasteiger partial charge is 0.573 e. The maximum atomic E-state index is 14.6. The van der Waals surface area contributed by atoms with Crippen LogP contribution in [0.15, 0.2) is 61.1 Å². The number of hydrogen-bond donors (Lipinski definition) is 1. The van der Waals surface area contributed by atoms with Gasteiger partial charge < -0.3 is 14.6 Å². The molecule has 1 amide bonds. The number of hydrogen-bond acceptors (Lipinski definition) is 6. The van der Waals surface area contributed by atoms with Gasteiger partial charge in [0.25, 0.3) is 0 Å². The molecule has 234 valence electrons. The number of nitrogens with one attached hydrogen (secondary N) is 1. The molecular formula is C31H27F5N6O3. The lowest BCUT2D eigenvalue weighted by atomic mass is 10.0. The zero-order valence-corrected chi connectivity index (χ0v) is 24.1. The van der Waals surface area contributed by atoms with Crippen molar-refractivity contribution in [3.05, 3.63) is 78.1 Å². The standard InChI is InChI=1S/C31H27F5N6O3/c1-17-10-28-37-13-20(14-42(28)39-17)19-6-7-25-22(11-19)23(18(2)43)16-41(25)9-8-40-15-21(32)12-26(40)30(44)38-24-4-3-5-27(29(24)33)45-31(34,35)36/h3-7,10-11,13-14,16,21,26H,8-9,12,15H2,1-2H3,(H,38,44)/t21-,26+/m1/s1. The van der Waals surface area contributed by atoms with Gasteiger partial charge in [0.1, 0.15) is 6.17 Å². The Morgan fingerprint density at radius 1 is 1.09 bits per heavy atom. The van der Waals surface area contributed by atoms with Crippen molar-refractivity contribution in [3.8, 4) is 16.9 Å². The molecule has 2 atom stereocenters. The van der Waals surface area contributed by atoms with Crippen LogP contribution in [0.5, 0.6) is 5.75 Å². The summed E-state index contributed by atoms with van der Waals surface area (Å²) < 4.78 is 74.3.